The van der Waals surface area contributed by atoms with Crippen LogP contribution in [0, 0.1) is 6.92 Å². The molecule has 0 fully saturated rings. The Bertz CT molecular complexity index is 896. The Kier molecular flexibility index (Phi) is 4.03. The van der Waals surface area contributed by atoms with Gasteiger partial charge < -0.3 is 10.1 Å². The summed E-state index contributed by atoms with van der Waals surface area (Å²) < 4.78 is 31.1. The molecule has 0 bridgehead atoms. The highest BCUT2D eigenvalue weighted by molar-refractivity contribution is 9.10. The molecule has 3 rings (SSSR count). The molecule has 120 valence electrons. The van der Waals surface area contributed by atoms with E-state index in [9.17, 15) is 13.2 Å². The van der Waals surface area contributed by atoms with Gasteiger partial charge in [0.15, 0.2) is 5.75 Å². The highest BCUT2D eigenvalue weighted by Gasteiger charge is 2.22. The van der Waals surface area contributed by atoms with Gasteiger partial charge in [0, 0.05) is 5.69 Å². The second-order valence-electron chi connectivity index (χ2n) is 5.09. The van der Waals surface area contributed by atoms with Crippen LogP contribution in [0.1, 0.15) is 15.9 Å². The quantitative estimate of drug-likeness (QED) is 0.778. The molecule has 2 aromatic carbocycles. The van der Waals surface area contributed by atoms with Crippen LogP contribution >= 0.6 is 15.9 Å². The van der Waals surface area contributed by atoms with Gasteiger partial charge in [-0.1, -0.05) is 22.0 Å². The highest BCUT2D eigenvalue weighted by Crippen LogP contribution is 2.37. The summed E-state index contributed by atoms with van der Waals surface area (Å²) in [7, 11) is -3.49. The minimum atomic E-state index is -3.49. The normalized spacial score (nSPS) is 13.2. The molecule has 0 aromatic heterocycles. The van der Waals surface area contributed by atoms with Crippen LogP contribution in [0.2, 0.25) is 0 Å². The van der Waals surface area contributed by atoms with Crippen LogP contribution in [0.25, 0.3) is 0 Å². The lowest BCUT2D eigenvalue weighted by molar-refractivity contribution is 0.102. The van der Waals surface area contributed by atoms with Crippen LogP contribution < -0.4 is 14.8 Å². The number of amides is 1. The van der Waals surface area contributed by atoms with Crippen LogP contribution in [-0.4, -0.2) is 19.0 Å². The van der Waals surface area contributed by atoms with Gasteiger partial charge in [0.05, 0.1) is 11.3 Å². The molecule has 2 N–H and O–H groups in total. The van der Waals surface area contributed by atoms with E-state index in [4.69, 9.17) is 4.74 Å². The van der Waals surface area contributed by atoms with Crippen molar-refractivity contribution in [1.29, 1.82) is 0 Å². The number of carbonyl (C=O) groups is 1. The maximum atomic E-state index is 12.4. The van der Waals surface area contributed by atoms with Crippen molar-refractivity contribution in [2.45, 2.75) is 6.92 Å². The zero-order valence-electron chi connectivity index (χ0n) is 12.1. The van der Waals surface area contributed by atoms with Gasteiger partial charge in [0.2, 0.25) is 10.0 Å². The number of ether oxygens (including phenoxy) is 1. The van der Waals surface area contributed by atoms with Gasteiger partial charge in [-0.25, -0.2) is 8.42 Å². The summed E-state index contributed by atoms with van der Waals surface area (Å²) in [6, 6.07) is 10.0. The summed E-state index contributed by atoms with van der Waals surface area (Å²) >= 11 is 2.90. The Hall–Kier alpha value is -2.06. The summed E-state index contributed by atoms with van der Waals surface area (Å²) in [6.07, 6.45) is 0. The Morgan fingerprint density at radius 3 is 2.65 bits per heavy atom. The van der Waals surface area contributed by atoms with Crippen molar-refractivity contribution in [1.82, 2.24) is 0 Å². The van der Waals surface area contributed by atoms with Gasteiger partial charge in [-0.05, 0) is 42.8 Å². The van der Waals surface area contributed by atoms with E-state index >= 15 is 0 Å². The van der Waals surface area contributed by atoms with E-state index in [0.29, 0.717) is 22.9 Å². The van der Waals surface area contributed by atoms with Crippen molar-refractivity contribution in [2.75, 3.05) is 14.7 Å². The number of rotatable bonds is 3. The molecule has 2 aromatic rings. The van der Waals surface area contributed by atoms with Crippen molar-refractivity contribution in [3.63, 3.8) is 0 Å². The van der Waals surface area contributed by atoms with Crippen LogP contribution in [0.4, 0.5) is 11.4 Å². The van der Waals surface area contributed by atoms with Crippen molar-refractivity contribution in [3.8, 4) is 11.5 Å². The lowest BCUT2D eigenvalue weighted by atomic mass is 10.1. The Morgan fingerprint density at radius 2 is 1.91 bits per heavy atom. The number of anilines is 2. The number of aryl methyl sites for hydroxylation is 1. The number of sulfonamides is 1. The Balaban J connectivity index is 2.00. The van der Waals surface area contributed by atoms with Crippen LogP contribution in [0.15, 0.2) is 36.4 Å². The first kappa shape index (κ1) is 15.8. The number of halogens is 1. The molecule has 1 amide bonds. The number of alkyl halides is 1. The second-order valence-corrected chi connectivity index (χ2v) is 8.12. The largest absolute Gasteiger partial charge is 0.454 e. The van der Waals surface area contributed by atoms with Crippen molar-refractivity contribution >= 4 is 43.2 Å². The monoisotopic (exact) mass is 396 g/mol. The third-order valence-electron chi connectivity index (χ3n) is 3.24. The minimum Gasteiger partial charge on any atom is -0.454 e. The van der Waals surface area contributed by atoms with E-state index < -0.39 is 10.0 Å². The average molecular weight is 397 g/mol. The molecule has 6 nitrogen and oxygen atoms in total. The average Bonchev–Trinajstić information content (AvgIpc) is 2.63. The summed E-state index contributed by atoms with van der Waals surface area (Å²) in [5.41, 5.74) is 2.12. The predicted molar refractivity (Wildman–Crippen MR) is 92.0 cm³/mol. The summed E-state index contributed by atoms with van der Waals surface area (Å²) in [5, 5.41) is 2.77. The molecule has 1 heterocycles. The van der Waals surface area contributed by atoms with Gasteiger partial charge in [-0.15, -0.1) is 0 Å². The van der Waals surface area contributed by atoms with E-state index in [0.717, 1.165) is 5.56 Å². The molecule has 0 saturated heterocycles. The summed E-state index contributed by atoms with van der Waals surface area (Å²) in [6.45, 7) is 1.91. The first-order valence-corrected chi connectivity index (χ1v) is 9.46. The SMILES string of the molecule is Cc1ccc2c(c1)NC(=O)c1cc(NS(=O)(=O)CBr)ccc1O2. The van der Waals surface area contributed by atoms with Crippen molar-refractivity contribution in [3.05, 3.63) is 47.5 Å². The van der Waals surface area contributed by atoms with Crippen LogP contribution in [-0.2, 0) is 10.0 Å². The molecule has 1 aliphatic rings. The van der Waals surface area contributed by atoms with Gasteiger partial charge in [-0.2, -0.15) is 0 Å². The molecule has 0 aliphatic carbocycles. The molecule has 23 heavy (non-hydrogen) atoms. The predicted octanol–water partition coefficient (Wildman–Crippen LogP) is 3.45. The van der Waals surface area contributed by atoms with E-state index in [-0.39, 0.29) is 16.1 Å². The zero-order valence-corrected chi connectivity index (χ0v) is 14.5. The lowest BCUT2D eigenvalue weighted by Crippen LogP contribution is -2.15. The number of nitrogens with one attached hydrogen (secondary N) is 2. The maximum absolute atomic E-state index is 12.4. The number of carbonyl (C=O) groups excluding carboxylic acids is 1. The summed E-state index contributed by atoms with van der Waals surface area (Å²) in [4.78, 5) is 12.4. The second kappa shape index (κ2) is 5.86. The Morgan fingerprint density at radius 1 is 1.17 bits per heavy atom. The third kappa shape index (κ3) is 3.32. The molecule has 0 atom stereocenters. The molecule has 8 heteroatoms. The molecule has 0 unspecified atom stereocenters. The molecule has 0 spiro atoms. The Labute approximate surface area is 142 Å². The molecule has 0 saturated carbocycles. The lowest BCUT2D eigenvalue weighted by Gasteiger charge is -2.10. The van der Waals surface area contributed by atoms with Crippen molar-refractivity contribution in [2.24, 2.45) is 0 Å². The number of benzene rings is 2. The first-order chi connectivity index (χ1) is 10.9. The third-order valence-corrected chi connectivity index (χ3v) is 5.89. The fourth-order valence-corrected chi connectivity index (χ4v) is 3.09. The maximum Gasteiger partial charge on any atom is 0.259 e. The van der Waals surface area contributed by atoms with Gasteiger partial charge in [0.1, 0.15) is 10.4 Å². The van der Waals surface area contributed by atoms with E-state index in [1.165, 1.54) is 6.07 Å². The fraction of sp³-hybridized carbons (Fsp3) is 0.133. The minimum absolute atomic E-state index is 0.232. The molecular weight excluding hydrogens is 384 g/mol. The molecule has 0 radical (unpaired) electrons. The topological polar surface area (TPSA) is 84.5 Å². The van der Waals surface area contributed by atoms with Crippen LogP contribution in [0.5, 0.6) is 11.5 Å². The highest BCUT2D eigenvalue weighted by atomic mass is 79.9. The van der Waals surface area contributed by atoms with Crippen molar-refractivity contribution < 1.29 is 17.9 Å². The summed E-state index contributed by atoms with van der Waals surface area (Å²) in [5.74, 6) is 0.549. The first-order valence-electron chi connectivity index (χ1n) is 6.68. The molecular formula is C15H13BrN2O4S. The van der Waals surface area contributed by atoms with Crippen LogP contribution in [0.3, 0.4) is 0 Å². The van der Waals surface area contributed by atoms with E-state index in [2.05, 4.69) is 26.0 Å². The smallest absolute Gasteiger partial charge is 0.259 e. The number of fused-ring (bicyclic) bond motifs is 2. The van der Waals surface area contributed by atoms with E-state index in [1.54, 1.807) is 18.2 Å². The van der Waals surface area contributed by atoms with Gasteiger partial charge in [0.25, 0.3) is 5.91 Å². The van der Waals surface area contributed by atoms with Gasteiger partial charge in [-0.3, -0.25) is 9.52 Å². The molecule has 1 aliphatic heterocycles. The number of hydrogen-bond acceptors (Lipinski definition) is 4. The fourth-order valence-electron chi connectivity index (χ4n) is 2.21. The van der Waals surface area contributed by atoms with E-state index in [1.807, 2.05) is 19.1 Å². The number of hydrogen-bond donors (Lipinski definition) is 2. The standard InChI is InChI=1S/C15H13BrN2O4S/c1-9-2-4-14-12(6-9)17-15(19)11-7-10(3-5-13(11)22-14)18-23(20,21)8-16/h2-7,18H,8H2,1H3,(H,17,19). The zero-order chi connectivity index (χ0) is 16.6. The van der Waals surface area contributed by atoms with Gasteiger partial charge >= 0.3 is 0 Å².